The van der Waals surface area contributed by atoms with E-state index in [-0.39, 0.29) is 5.56 Å². The van der Waals surface area contributed by atoms with Crippen LogP contribution in [0.1, 0.15) is 30.1 Å². The van der Waals surface area contributed by atoms with Gasteiger partial charge in [0.05, 0.1) is 27.0 Å². The number of rotatable bonds is 6. The number of hydrogen-bond acceptors (Lipinski definition) is 6. The van der Waals surface area contributed by atoms with E-state index in [0.717, 1.165) is 22.9 Å². The number of carboxylic acid groups (broad SMARTS) is 2. The highest BCUT2D eigenvalue weighted by Gasteiger charge is 2.15. The smallest absolute Gasteiger partial charge is 0.335 e. The van der Waals surface area contributed by atoms with Gasteiger partial charge in [0, 0.05) is 0 Å². The summed E-state index contributed by atoms with van der Waals surface area (Å²) in [4.78, 5) is 26.2. The maximum absolute atomic E-state index is 11.0. The van der Waals surface area contributed by atoms with Gasteiger partial charge < -0.3 is 15.0 Å². The van der Waals surface area contributed by atoms with Gasteiger partial charge in [-0.15, -0.1) is 11.3 Å². The number of thioether (sulfide) groups is 1. The Kier molecular flexibility index (Phi) is 4.61. The summed E-state index contributed by atoms with van der Waals surface area (Å²) >= 11 is 2.52. The van der Waals surface area contributed by atoms with Gasteiger partial charge in [0.25, 0.3) is 0 Å². The zero-order valence-corrected chi connectivity index (χ0v) is 12.3. The van der Waals surface area contributed by atoms with Crippen LogP contribution < -0.4 is 5.11 Å². The van der Waals surface area contributed by atoms with Crippen LogP contribution in [0, 0.1) is 0 Å². The second-order valence-corrected chi connectivity index (χ2v) is 6.66. The number of benzene rings is 1. The SMILES string of the molecule is CCCC(Sc1nc2cc(C(=O)O)ccc2s1)C(=O)[O-]. The van der Waals surface area contributed by atoms with Crippen LogP contribution in [0.25, 0.3) is 10.2 Å². The summed E-state index contributed by atoms with van der Waals surface area (Å²) in [7, 11) is 0. The molecule has 0 saturated carbocycles. The molecule has 1 heterocycles. The van der Waals surface area contributed by atoms with Crippen molar-refractivity contribution in [1.82, 2.24) is 4.98 Å². The first-order chi connectivity index (χ1) is 9.51. The summed E-state index contributed by atoms with van der Waals surface area (Å²) in [5.41, 5.74) is 0.746. The predicted molar refractivity (Wildman–Crippen MR) is 76.1 cm³/mol. The Morgan fingerprint density at radius 1 is 1.50 bits per heavy atom. The van der Waals surface area contributed by atoms with Gasteiger partial charge >= 0.3 is 5.97 Å². The topological polar surface area (TPSA) is 90.3 Å². The largest absolute Gasteiger partial charge is 0.549 e. The molecule has 0 saturated heterocycles. The lowest BCUT2D eigenvalue weighted by Gasteiger charge is -2.14. The zero-order chi connectivity index (χ0) is 14.7. The molecule has 1 atom stereocenters. The highest BCUT2D eigenvalue weighted by Crippen LogP contribution is 2.33. The number of aromatic nitrogens is 1. The molecule has 1 aromatic heterocycles. The van der Waals surface area contributed by atoms with E-state index in [1.807, 2.05) is 6.92 Å². The Morgan fingerprint density at radius 2 is 2.25 bits per heavy atom. The molecule has 5 nitrogen and oxygen atoms in total. The molecule has 0 fully saturated rings. The van der Waals surface area contributed by atoms with Crippen molar-refractivity contribution in [2.24, 2.45) is 0 Å². The number of carbonyl (C=O) groups excluding carboxylic acids is 1. The van der Waals surface area contributed by atoms with Crippen LogP contribution in [-0.2, 0) is 4.79 Å². The second kappa shape index (κ2) is 6.23. The van der Waals surface area contributed by atoms with Crippen LogP contribution in [0.5, 0.6) is 0 Å². The minimum absolute atomic E-state index is 0.171. The van der Waals surface area contributed by atoms with Crippen molar-refractivity contribution in [2.45, 2.75) is 29.4 Å². The predicted octanol–water partition coefficient (Wildman–Crippen LogP) is 2.01. The van der Waals surface area contributed by atoms with E-state index in [4.69, 9.17) is 5.11 Å². The molecule has 0 amide bonds. The average molecular weight is 310 g/mol. The standard InChI is InChI=1S/C13H13NO4S2/c1-2-3-10(12(17)18)20-13-14-8-6-7(11(15)16)4-5-9(8)19-13/h4-6,10H,2-3H2,1H3,(H,15,16)(H,17,18)/p-1. The van der Waals surface area contributed by atoms with Crippen LogP contribution in [-0.4, -0.2) is 27.3 Å². The van der Waals surface area contributed by atoms with Gasteiger partial charge in [-0.3, -0.25) is 0 Å². The molecular weight excluding hydrogens is 298 g/mol. The highest BCUT2D eigenvalue weighted by molar-refractivity contribution is 8.02. The third kappa shape index (κ3) is 3.29. The molecule has 2 aromatic rings. The summed E-state index contributed by atoms with van der Waals surface area (Å²) < 4.78 is 1.45. The molecule has 2 rings (SSSR count). The maximum atomic E-state index is 11.0. The molecule has 0 spiro atoms. The lowest BCUT2D eigenvalue weighted by Crippen LogP contribution is -2.33. The van der Waals surface area contributed by atoms with E-state index in [2.05, 4.69) is 4.98 Å². The number of carboxylic acids is 2. The molecule has 1 N–H and O–H groups in total. The van der Waals surface area contributed by atoms with Crippen molar-refractivity contribution in [3.05, 3.63) is 23.8 Å². The zero-order valence-electron chi connectivity index (χ0n) is 10.7. The minimum atomic E-state index is -1.10. The fraction of sp³-hybridized carbons (Fsp3) is 0.308. The number of aliphatic carboxylic acids is 1. The molecule has 1 unspecified atom stereocenters. The monoisotopic (exact) mass is 310 g/mol. The summed E-state index contributed by atoms with van der Waals surface area (Å²) in [6, 6.07) is 4.69. The molecule has 0 aliphatic heterocycles. The van der Waals surface area contributed by atoms with Crippen molar-refractivity contribution in [2.75, 3.05) is 0 Å². The van der Waals surface area contributed by atoms with Crippen molar-refractivity contribution in [1.29, 1.82) is 0 Å². The van der Waals surface area contributed by atoms with Gasteiger partial charge in [0.15, 0.2) is 4.34 Å². The lowest BCUT2D eigenvalue weighted by atomic mass is 10.2. The fourth-order valence-electron chi connectivity index (χ4n) is 1.70. The minimum Gasteiger partial charge on any atom is -0.549 e. The summed E-state index contributed by atoms with van der Waals surface area (Å²) in [6.07, 6.45) is 1.27. The third-order valence-electron chi connectivity index (χ3n) is 2.67. The first-order valence-corrected chi connectivity index (χ1v) is 7.72. The lowest BCUT2D eigenvalue weighted by molar-refractivity contribution is -0.304. The summed E-state index contributed by atoms with van der Waals surface area (Å²) in [5, 5.41) is 19.3. The average Bonchev–Trinajstić information content (AvgIpc) is 2.79. The normalized spacial score (nSPS) is 12.4. The Hall–Kier alpha value is -1.60. The molecular formula is C13H12NO4S2-. The second-order valence-electron chi connectivity index (χ2n) is 4.18. The molecule has 20 heavy (non-hydrogen) atoms. The summed E-state index contributed by atoms with van der Waals surface area (Å²) in [5.74, 6) is -2.10. The molecule has 1 aromatic carbocycles. The molecule has 7 heteroatoms. The fourth-order valence-corrected chi connectivity index (χ4v) is 4.03. The Bertz CT molecular complexity index is 653. The number of carbonyl (C=O) groups is 2. The van der Waals surface area contributed by atoms with E-state index in [1.54, 1.807) is 6.07 Å². The van der Waals surface area contributed by atoms with E-state index >= 15 is 0 Å². The highest BCUT2D eigenvalue weighted by atomic mass is 32.2. The molecule has 0 radical (unpaired) electrons. The first kappa shape index (κ1) is 14.8. The third-order valence-corrected chi connectivity index (χ3v) is 5.05. The van der Waals surface area contributed by atoms with E-state index in [0.29, 0.717) is 16.3 Å². The first-order valence-electron chi connectivity index (χ1n) is 6.02. The van der Waals surface area contributed by atoms with E-state index in [1.165, 1.54) is 23.5 Å². The van der Waals surface area contributed by atoms with Crippen molar-refractivity contribution >= 4 is 45.3 Å². The number of aromatic carboxylic acids is 1. The number of thiazole rings is 1. The van der Waals surface area contributed by atoms with Crippen LogP contribution in [0.3, 0.4) is 0 Å². The van der Waals surface area contributed by atoms with Gasteiger partial charge in [-0.25, -0.2) is 9.78 Å². The van der Waals surface area contributed by atoms with Crippen LogP contribution in [0.15, 0.2) is 22.5 Å². The quantitative estimate of drug-likeness (QED) is 0.821. The number of fused-ring (bicyclic) bond motifs is 1. The van der Waals surface area contributed by atoms with Gasteiger partial charge in [-0.2, -0.15) is 0 Å². The summed E-state index contributed by atoms with van der Waals surface area (Å²) in [6.45, 7) is 1.91. The van der Waals surface area contributed by atoms with Crippen LogP contribution >= 0.6 is 23.1 Å². The van der Waals surface area contributed by atoms with Crippen molar-refractivity contribution in [3.8, 4) is 0 Å². The number of nitrogens with zero attached hydrogens (tertiary/aromatic N) is 1. The molecule has 0 aliphatic rings. The molecule has 106 valence electrons. The van der Waals surface area contributed by atoms with Crippen molar-refractivity contribution in [3.63, 3.8) is 0 Å². The molecule has 0 aliphatic carbocycles. The Balaban J connectivity index is 2.27. The van der Waals surface area contributed by atoms with Crippen molar-refractivity contribution < 1.29 is 19.8 Å². The van der Waals surface area contributed by atoms with Gasteiger partial charge in [-0.1, -0.05) is 25.1 Å². The van der Waals surface area contributed by atoms with Gasteiger partial charge in [0.1, 0.15) is 0 Å². The van der Waals surface area contributed by atoms with E-state index in [9.17, 15) is 14.7 Å². The van der Waals surface area contributed by atoms with Crippen LogP contribution in [0.4, 0.5) is 0 Å². The van der Waals surface area contributed by atoms with E-state index < -0.39 is 17.2 Å². The maximum Gasteiger partial charge on any atom is 0.335 e. The number of hydrogen-bond donors (Lipinski definition) is 1. The molecule has 0 bridgehead atoms. The van der Waals surface area contributed by atoms with Gasteiger partial charge in [-0.05, 0) is 24.6 Å². The van der Waals surface area contributed by atoms with Crippen LogP contribution in [0.2, 0.25) is 0 Å². The Morgan fingerprint density at radius 3 is 2.85 bits per heavy atom. The van der Waals surface area contributed by atoms with Gasteiger partial charge in [0.2, 0.25) is 0 Å². The Labute approximate surface area is 123 Å².